The van der Waals surface area contributed by atoms with Crippen LogP contribution >= 0.6 is 0 Å². The van der Waals surface area contributed by atoms with Gasteiger partial charge in [0.1, 0.15) is 11.6 Å². The zero-order chi connectivity index (χ0) is 20.4. The van der Waals surface area contributed by atoms with Crippen LogP contribution in [0.15, 0.2) is 28.0 Å². The molecule has 0 amide bonds. The Kier molecular flexibility index (Phi) is 5.27. The molecule has 8 heteroatoms. The molecule has 1 aromatic carbocycles. The summed E-state index contributed by atoms with van der Waals surface area (Å²) in [5, 5.41) is 31.2. The second kappa shape index (κ2) is 7.64. The Labute approximate surface area is 161 Å². The van der Waals surface area contributed by atoms with Gasteiger partial charge >= 0.3 is 0 Å². The van der Waals surface area contributed by atoms with Crippen LogP contribution in [0.3, 0.4) is 0 Å². The molecule has 1 aliphatic carbocycles. The lowest BCUT2D eigenvalue weighted by atomic mass is 10.0. The first kappa shape index (κ1) is 19.3. The number of rotatable bonds is 4. The van der Waals surface area contributed by atoms with Gasteiger partial charge in [0.15, 0.2) is 0 Å². The van der Waals surface area contributed by atoms with Gasteiger partial charge in [-0.3, -0.25) is 24.5 Å². The molecule has 0 atom stereocenters. The highest BCUT2D eigenvalue weighted by Crippen LogP contribution is 2.33. The van der Waals surface area contributed by atoms with Crippen LogP contribution in [0, 0.1) is 35.3 Å². The second-order valence-corrected chi connectivity index (χ2v) is 6.95. The number of nitro benzene ring substituents is 1. The van der Waals surface area contributed by atoms with Gasteiger partial charge in [0, 0.05) is 24.4 Å². The Balaban J connectivity index is 2.15. The first-order valence-electron chi connectivity index (χ1n) is 9.02. The van der Waals surface area contributed by atoms with Crippen molar-refractivity contribution in [3.05, 3.63) is 60.9 Å². The van der Waals surface area contributed by atoms with Crippen molar-refractivity contribution in [1.29, 1.82) is 5.26 Å². The third-order valence-corrected chi connectivity index (χ3v) is 5.22. The summed E-state index contributed by atoms with van der Waals surface area (Å²) < 4.78 is 1.29. The van der Waals surface area contributed by atoms with Crippen molar-refractivity contribution in [3.63, 3.8) is 0 Å². The first-order chi connectivity index (χ1) is 13.3. The van der Waals surface area contributed by atoms with E-state index in [0.29, 0.717) is 11.3 Å². The average molecular weight is 380 g/mol. The molecule has 0 spiro atoms. The van der Waals surface area contributed by atoms with Crippen LogP contribution in [-0.4, -0.2) is 20.8 Å². The number of nitro groups is 1. The fourth-order valence-corrected chi connectivity index (χ4v) is 3.58. The zero-order valence-electron chi connectivity index (χ0n) is 15.7. The Morgan fingerprint density at radius 2 is 2.04 bits per heavy atom. The number of nitriles is 1. The van der Waals surface area contributed by atoms with Gasteiger partial charge in [-0.1, -0.05) is 18.9 Å². The second-order valence-electron chi connectivity index (χ2n) is 6.95. The number of non-ortho nitro benzene ring substituents is 1. The van der Waals surface area contributed by atoms with Crippen molar-refractivity contribution in [2.45, 2.75) is 45.6 Å². The van der Waals surface area contributed by atoms with Crippen molar-refractivity contribution >= 4 is 17.6 Å². The SMILES string of the molecule is Cc1ccc([N+](=O)[O-])cc1N=Cc1c(C)c(C#N)c(=O)n(C2CCCC2)c1O. The molecule has 0 unspecified atom stereocenters. The normalized spacial score (nSPS) is 14.5. The van der Waals surface area contributed by atoms with Crippen LogP contribution in [0.1, 0.15) is 54.0 Å². The monoisotopic (exact) mass is 380 g/mol. The summed E-state index contributed by atoms with van der Waals surface area (Å²) in [5.74, 6) is -0.222. The topological polar surface area (TPSA) is 122 Å². The molecule has 1 N–H and O–H groups in total. The largest absolute Gasteiger partial charge is 0.494 e. The molecule has 1 aromatic heterocycles. The molecule has 1 aliphatic rings. The minimum atomic E-state index is -0.505. The minimum Gasteiger partial charge on any atom is -0.494 e. The van der Waals surface area contributed by atoms with E-state index in [9.17, 15) is 25.3 Å². The molecule has 0 saturated heterocycles. The Morgan fingerprint density at radius 3 is 2.64 bits per heavy atom. The Morgan fingerprint density at radius 1 is 1.36 bits per heavy atom. The van der Waals surface area contributed by atoms with Gasteiger partial charge < -0.3 is 5.11 Å². The number of aromatic nitrogens is 1. The van der Waals surface area contributed by atoms with Crippen molar-refractivity contribution in [2.24, 2.45) is 4.99 Å². The third-order valence-electron chi connectivity index (χ3n) is 5.22. The van der Waals surface area contributed by atoms with E-state index in [1.54, 1.807) is 19.9 Å². The van der Waals surface area contributed by atoms with Crippen molar-refractivity contribution < 1.29 is 10.0 Å². The summed E-state index contributed by atoms with van der Waals surface area (Å²) >= 11 is 0. The lowest BCUT2D eigenvalue weighted by molar-refractivity contribution is -0.384. The number of nitrogens with zero attached hydrogens (tertiary/aromatic N) is 4. The van der Waals surface area contributed by atoms with Gasteiger partial charge in [0.25, 0.3) is 11.2 Å². The van der Waals surface area contributed by atoms with Gasteiger partial charge in [0.2, 0.25) is 5.88 Å². The minimum absolute atomic E-state index is 0.0260. The van der Waals surface area contributed by atoms with Crippen molar-refractivity contribution in [3.8, 4) is 11.9 Å². The number of aromatic hydroxyl groups is 1. The summed E-state index contributed by atoms with van der Waals surface area (Å²) in [4.78, 5) is 27.5. The fourth-order valence-electron chi connectivity index (χ4n) is 3.58. The molecule has 0 aliphatic heterocycles. The molecule has 0 bridgehead atoms. The highest BCUT2D eigenvalue weighted by molar-refractivity contribution is 5.87. The van der Waals surface area contributed by atoms with Gasteiger partial charge in [0.05, 0.1) is 16.2 Å². The molecule has 2 aromatic rings. The van der Waals surface area contributed by atoms with Crippen LogP contribution in [-0.2, 0) is 0 Å². The standard InChI is InChI=1S/C20H20N4O4/c1-12-7-8-15(24(27)28)9-18(12)22-11-17-13(2)16(10-21)19(25)23(20(17)26)14-5-3-4-6-14/h7-9,11,14,26H,3-6H2,1-2H3. The Hall–Kier alpha value is -3.47. The summed E-state index contributed by atoms with van der Waals surface area (Å²) in [5.41, 5.74) is 1.11. The van der Waals surface area contributed by atoms with E-state index in [1.807, 2.05) is 6.07 Å². The van der Waals surface area contributed by atoms with E-state index in [2.05, 4.69) is 4.99 Å². The number of benzene rings is 1. The zero-order valence-corrected chi connectivity index (χ0v) is 15.7. The number of hydrogen-bond donors (Lipinski definition) is 1. The van der Waals surface area contributed by atoms with Crippen LogP contribution in [0.2, 0.25) is 0 Å². The van der Waals surface area contributed by atoms with Gasteiger partial charge in [-0.2, -0.15) is 5.26 Å². The molecule has 3 rings (SSSR count). The molecule has 8 nitrogen and oxygen atoms in total. The average Bonchev–Trinajstić information content (AvgIpc) is 3.17. The quantitative estimate of drug-likeness (QED) is 0.491. The number of aliphatic imine (C=N–C) groups is 1. The maximum atomic E-state index is 12.7. The number of pyridine rings is 1. The summed E-state index contributed by atoms with van der Waals surface area (Å²) in [6.45, 7) is 3.35. The smallest absolute Gasteiger partial charge is 0.271 e. The first-order valence-corrected chi connectivity index (χ1v) is 9.02. The van der Waals surface area contributed by atoms with E-state index >= 15 is 0 Å². The maximum absolute atomic E-state index is 12.7. The highest BCUT2D eigenvalue weighted by atomic mass is 16.6. The van der Waals surface area contributed by atoms with E-state index in [4.69, 9.17) is 0 Å². The van der Waals surface area contributed by atoms with E-state index in [0.717, 1.165) is 31.2 Å². The molecule has 1 fully saturated rings. The van der Waals surface area contributed by atoms with Crippen molar-refractivity contribution in [1.82, 2.24) is 4.57 Å². The van der Waals surface area contributed by atoms with E-state index < -0.39 is 10.5 Å². The predicted octanol–water partition coefficient (Wildman–Crippen LogP) is 3.82. The summed E-state index contributed by atoms with van der Waals surface area (Å²) in [7, 11) is 0. The van der Waals surface area contributed by atoms with E-state index in [1.165, 1.54) is 22.9 Å². The van der Waals surface area contributed by atoms with Gasteiger partial charge in [-0.25, -0.2) is 0 Å². The highest BCUT2D eigenvalue weighted by Gasteiger charge is 2.25. The van der Waals surface area contributed by atoms with Crippen LogP contribution in [0.25, 0.3) is 0 Å². The van der Waals surface area contributed by atoms with Crippen LogP contribution < -0.4 is 5.56 Å². The lowest BCUT2D eigenvalue weighted by Crippen LogP contribution is -2.28. The number of aryl methyl sites for hydroxylation is 1. The molecule has 0 radical (unpaired) electrons. The van der Waals surface area contributed by atoms with Gasteiger partial charge in [-0.05, 0) is 37.8 Å². The fraction of sp³-hybridized carbons (Fsp3) is 0.350. The summed E-state index contributed by atoms with van der Waals surface area (Å²) in [6, 6.07) is 6.12. The summed E-state index contributed by atoms with van der Waals surface area (Å²) in [6.07, 6.45) is 4.82. The third kappa shape index (κ3) is 3.39. The molecular formula is C20H20N4O4. The van der Waals surface area contributed by atoms with E-state index in [-0.39, 0.29) is 28.7 Å². The lowest BCUT2D eigenvalue weighted by Gasteiger charge is -2.19. The van der Waals surface area contributed by atoms with Crippen LogP contribution in [0.4, 0.5) is 11.4 Å². The molecule has 1 heterocycles. The molecule has 1 saturated carbocycles. The molecular weight excluding hydrogens is 360 g/mol. The Bertz CT molecular complexity index is 1070. The van der Waals surface area contributed by atoms with Crippen LogP contribution in [0.5, 0.6) is 5.88 Å². The molecule has 144 valence electrons. The molecule has 28 heavy (non-hydrogen) atoms. The predicted molar refractivity (Wildman–Crippen MR) is 104 cm³/mol. The van der Waals surface area contributed by atoms with Gasteiger partial charge in [-0.15, -0.1) is 0 Å². The van der Waals surface area contributed by atoms with Crippen molar-refractivity contribution in [2.75, 3.05) is 0 Å². The maximum Gasteiger partial charge on any atom is 0.271 e. The number of hydrogen-bond acceptors (Lipinski definition) is 6.